The Balaban J connectivity index is 0.000000466. The Hall–Kier alpha value is -4.15. The van der Waals surface area contributed by atoms with Gasteiger partial charge in [0, 0.05) is 36.3 Å². The number of carbonyl (C=O) groups excluding carboxylic acids is 1. The van der Waals surface area contributed by atoms with Crippen LogP contribution in [0.1, 0.15) is 16.8 Å². The lowest BCUT2D eigenvalue weighted by atomic mass is 10.1. The second kappa shape index (κ2) is 13.5. The first kappa shape index (κ1) is 27.1. The monoisotopic (exact) mass is 501 g/mol. The van der Waals surface area contributed by atoms with Gasteiger partial charge in [-0.1, -0.05) is 29.8 Å². The van der Waals surface area contributed by atoms with E-state index in [4.69, 9.17) is 26.9 Å². The van der Waals surface area contributed by atoms with Gasteiger partial charge in [0.05, 0.1) is 22.6 Å². The van der Waals surface area contributed by atoms with Crippen molar-refractivity contribution in [2.75, 3.05) is 29.9 Å². The van der Waals surface area contributed by atoms with Crippen molar-refractivity contribution in [2.24, 2.45) is 0 Å². The van der Waals surface area contributed by atoms with E-state index in [0.717, 1.165) is 29.6 Å². The summed E-state index contributed by atoms with van der Waals surface area (Å²) < 4.78 is 0. The van der Waals surface area contributed by atoms with E-state index >= 15 is 0 Å². The zero-order valence-electron chi connectivity index (χ0n) is 18.5. The van der Waals surface area contributed by atoms with Gasteiger partial charge in [0.25, 0.3) is 5.91 Å². The van der Waals surface area contributed by atoms with Crippen LogP contribution in [0.4, 0.5) is 17.1 Å². The molecule has 184 valence electrons. The maximum absolute atomic E-state index is 12.6. The van der Waals surface area contributed by atoms with Crippen LogP contribution in [0.3, 0.4) is 0 Å². The molecule has 0 spiro atoms. The molecular formula is C24H24ClN3O7. The summed E-state index contributed by atoms with van der Waals surface area (Å²) in [6.45, 7) is 1.88. The van der Waals surface area contributed by atoms with Crippen molar-refractivity contribution in [1.82, 2.24) is 5.32 Å². The second-order valence-corrected chi connectivity index (χ2v) is 7.53. The second-order valence-electron chi connectivity index (χ2n) is 7.09. The van der Waals surface area contributed by atoms with Gasteiger partial charge < -0.3 is 30.9 Å². The summed E-state index contributed by atoms with van der Waals surface area (Å²) in [5.74, 6) is -3.61. The summed E-state index contributed by atoms with van der Waals surface area (Å²) in [6.07, 6.45) is 4.61. The van der Waals surface area contributed by atoms with Crippen molar-refractivity contribution < 1.29 is 34.5 Å². The number of para-hydroxylation sites is 1. The van der Waals surface area contributed by atoms with Crippen LogP contribution in [-0.2, 0) is 14.4 Å². The number of halogens is 1. The Bertz CT molecular complexity index is 1130. The molecule has 1 aliphatic rings. The highest BCUT2D eigenvalue weighted by molar-refractivity contribution is 6.31. The number of carboxylic acid groups (broad SMARTS) is 3. The molecular weight excluding hydrogens is 478 g/mol. The van der Waals surface area contributed by atoms with Crippen LogP contribution in [0.15, 0.2) is 66.8 Å². The number of benzene rings is 2. The molecule has 0 saturated carbocycles. The first-order valence-electron chi connectivity index (χ1n) is 10.4. The molecule has 1 amide bonds. The Morgan fingerprint density at radius 1 is 0.943 bits per heavy atom. The Morgan fingerprint density at radius 2 is 1.60 bits per heavy atom. The largest absolute Gasteiger partial charge is 0.478 e. The highest BCUT2D eigenvalue weighted by Crippen LogP contribution is 2.39. The smallest absolute Gasteiger partial charge is 0.328 e. The van der Waals surface area contributed by atoms with E-state index in [1.165, 1.54) is 0 Å². The van der Waals surface area contributed by atoms with Gasteiger partial charge in [-0.05, 0) is 43.3 Å². The van der Waals surface area contributed by atoms with Crippen LogP contribution in [-0.4, -0.2) is 58.8 Å². The fourth-order valence-electron chi connectivity index (χ4n) is 3.15. The number of aliphatic carboxylic acids is 3. The van der Waals surface area contributed by atoms with Gasteiger partial charge in [-0.25, -0.2) is 14.4 Å². The zero-order chi connectivity index (χ0) is 25.8. The summed E-state index contributed by atoms with van der Waals surface area (Å²) in [5, 5.41) is 30.9. The van der Waals surface area contributed by atoms with E-state index in [1.54, 1.807) is 18.2 Å². The number of amides is 1. The minimum absolute atomic E-state index is 0.145. The van der Waals surface area contributed by atoms with Gasteiger partial charge in [0.1, 0.15) is 0 Å². The van der Waals surface area contributed by atoms with Gasteiger partial charge in [-0.15, -0.1) is 0 Å². The predicted octanol–water partition coefficient (Wildman–Crippen LogP) is 3.38. The molecule has 1 aliphatic heterocycles. The standard InChI is InChI=1S/C20H20ClN3O3.C4H4O4/c21-14-8-9-16-18(13-14)24(12-4-11-22-10-3-7-19(25)26)17-6-2-1-5-15(17)20(27)23-16;5-3(6)1-2-4(7)8/h1-3,5-9,13,22H,4,10-12H2,(H,23,27)(H,25,26);1-2H,(H,5,6)(H,7,8)/b7-3+;2-1-. The van der Waals surface area contributed by atoms with Crippen LogP contribution < -0.4 is 15.5 Å². The molecule has 35 heavy (non-hydrogen) atoms. The van der Waals surface area contributed by atoms with Crippen LogP contribution >= 0.6 is 11.6 Å². The Labute approximate surface area is 206 Å². The third-order valence-corrected chi connectivity index (χ3v) is 4.80. The van der Waals surface area contributed by atoms with Gasteiger partial charge in [0.15, 0.2) is 0 Å². The molecule has 0 aromatic heterocycles. The fourth-order valence-corrected chi connectivity index (χ4v) is 3.31. The van der Waals surface area contributed by atoms with E-state index < -0.39 is 17.9 Å². The van der Waals surface area contributed by atoms with Crippen LogP contribution in [0, 0.1) is 0 Å². The maximum atomic E-state index is 12.6. The zero-order valence-corrected chi connectivity index (χ0v) is 19.2. The fraction of sp³-hybridized carbons (Fsp3) is 0.167. The average Bonchev–Trinajstić information content (AvgIpc) is 2.92. The van der Waals surface area contributed by atoms with Crippen LogP contribution in [0.25, 0.3) is 0 Å². The highest BCUT2D eigenvalue weighted by atomic mass is 35.5. The van der Waals surface area contributed by atoms with E-state index in [9.17, 15) is 19.2 Å². The highest BCUT2D eigenvalue weighted by Gasteiger charge is 2.24. The number of hydrogen-bond donors (Lipinski definition) is 5. The number of carboxylic acids is 3. The normalized spacial score (nSPS) is 12.3. The lowest BCUT2D eigenvalue weighted by molar-refractivity contribution is -0.134. The molecule has 0 aliphatic carbocycles. The van der Waals surface area contributed by atoms with E-state index in [-0.39, 0.29) is 5.91 Å². The van der Waals surface area contributed by atoms with Crippen molar-refractivity contribution in [1.29, 1.82) is 0 Å². The maximum Gasteiger partial charge on any atom is 0.328 e. The Kier molecular flexibility index (Phi) is 10.5. The van der Waals surface area contributed by atoms with Gasteiger partial charge >= 0.3 is 17.9 Å². The van der Waals surface area contributed by atoms with Crippen molar-refractivity contribution in [2.45, 2.75) is 6.42 Å². The molecule has 0 fully saturated rings. The molecule has 11 heteroatoms. The molecule has 0 bridgehead atoms. The summed E-state index contributed by atoms with van der Waals surface area (Å²) in [6, 6.07) is 12.9. The average molecular weight is 502 g/mol. The number of hydrogen-bond acceptors (Lipinski definition) is 6. The topological polar surface area (TPSA) is 156 Å². The van der Waals surface area contributed by atoms with Gasteiger partial charge in [0.2, 0.25) is 0 Å². The number of fused-ring (bicyclic) bond motifs is 2. The summed E-state index contributed by atoms with van der Waals surface area (Å²) in [7, 11) is 0. The SMILES string of the molecule is O=C(O)/C=C/CNCCCN1c2cc(Cl)ccc2NC(=O)c2ccccc21.O=C(O)/C=C\C(=O)O. The third kappa shape index (κ3) is 8.95. The summed E-state index contributed by atoms with van der Waals surface area (Å²) >= 11 is 6.20. The Morgan fingerprint density at radius 3 is 2.26 bits per heavy atom. The minimum Gasteiger partial charge on any atom is -0.478 e. The molecule has 3 rings (SSSR count). The van der Waals surface area contributed by atoms with Gasteiger partial charge in [-0.3, -0.25) is 4.79 Å². The molecule has 0 radical (unpaired) electrons. The van der Waals surface area contributed by atoms with Crippen molar-refractivity contribution in [3.63, 3.8) is 0 Å². The molecule has 2 aromatic rings. The number of anilines is 3. The molecule has 0 saturated heterocycles. The van der Waals surface area contributed by atoms with Gasteiger partial charge in [-0.2, -0.15) is 0 Å². The number of carbonyl (C=O) groups is 4. The van der Waals surface area contributed by atoms with Crippen LogP contribution in [0.5, 0.6) is 0 Å². The first-order valence-corrected chi connectivity index (χ1v) is 10.8. The summed E-state index contributed by atoms with van der Waals surface area (Å²) in [5.41, 5.74) is 3.02. The number of nitrogens with one attached hydrogen (secondary N) is 2. The lowest BCUT2D eigenvalue weighted by Crippen LogP contribution is -2.24. The van der Waals surface area contributed by atoms with Crippen molar-refractivity contribution >= 4 is 52.5 Å². The quantitative estimate of drug-likeness (QED) is 0.256. The van der Waals surface area contributed by atoms with E-state index in [2.05, 4.69) is 15.5 Å². The van der Waals surface area contributed by atoms with E-state index in [1.807, 2.05) is 30.3 Å². The minimum atomic E-state index is -1.26. The third-order valence-electron chi connectivity index (χ3n) is 4.56. The lowest BCUT2D eigenvalue weighted by Gasteiger charge is -2.26. The molecule has 0 atom stereocenters. The van der Waals surface area contributed by atoms with Crippen LogP contribution in [0.2, 0.25) is 5.02 Å². The molecule has 5 N–H and O–H groups in total. The predicted molar refractivity (Wildman–Crippen MR) is 132 cm³/mol. The number of rotatable bonds is 9. The van der Waals surface area contributed by atoms with E-state index in [0.29, 0.717) is 42.4 Å². The molecule has 0 unspecified atom stereocenters. The summed E-state index contributed by atoms with van der Waals surface area (Å²) in [4.78, 5) is 44.2. The molecule has 10 nitrogen and oxygen atoms in total. The van der Waals surface area contributed by atoms with Crippen molar-refractivity contribution in [3.8, 4) is 0 Å². The van der Waals surface area contributed by atoms with Crippen molar-refractivity contribution in [3.05, 3.63) is 77.4 Å². The first-order chi connectivity index (χ1) is 16.7. The number of nitrogens with zero attached hydrogens (tertiary/aromatic N) is 1. The molecule has 1 heterocycles. The molecule has 2 aromatic carbocycles.